The van der Waals surface area contributed by atoms with Crippen molar-refractivity contribution in [3.8, 4) is 5.75 Å². The van der Waals surface area contributed by atoms with Crippen molar-refractivity contribution >= 4 is 27.6 Å². The Balaban J connectivity index is 2.07. The second kappa shape index (κ2) is 6.58. The summed E-state index contributed by atoms with van der Waals surface area (Å²) in [6, 6.07) is 9.10. The fraction of sp³-hybridized carbons (Fsp3) is 0.133. The van der Waals surface area contributed by atoms with Crippen LogP contribution in [-0.4, -0.2) is 13.1 Å². The number of carbonyl (C=O) groups excluding carboxylic acids is 1. The molecule has 4 nitrogen and oxygen atoms in total. The highest BCUT2D eigenvalue weighted by Gasteiger charge is 2.11. The van der Waals surface area contributed by atoms with Gasteiger partial charge in [0.2, 0.25) is 0 Å². The van der Waals surface area contributed by atoms with Crippen molar-refractivity contribution in [2.45, 2.75) is 6.61 Å². The number of benzene rings is 2. The van der Waals surface area contributed by atoms with Gasteiger partial charge in [0.15, 0.2) is 0 Å². The highest BCUT2D eigenvalue weighted by Crippen LogP contribution is 2.20. The van der Waals surface area contributed by atoms with Crippen LogP contribution in [0.25, 0.3) is 0 Å². The van der Waals surface area contributed by atoms with Crippen LogP contribution in [-0.2, 0) is 11.3 Å². The van der Waals surface area contributed by atoms with E-state index in [1.807, 2.05) is 0 Å². The molecule has 0 saturated heterocycles. The summed E-state index contributed by atoms with van der Waals surface area (Å²) < 4.78 is 24.4. The third kappa shape index (κ3) is 3.95. The van der Waals surface area contributed by atoms with Gasteiger partial charge in [0.25, 0.3) is 0 Å². The van der Waals surface area contributed by atoms with E-state index in [0.29, 0.717) is 21.5 Å². The number of halogens is 2. The number of methoxy groups -OCH3 is 1. The van der Waals surface area contributed by atoms with Gasteiger partial charge in [-0.25, -0.2) is 9.18 Å². The lowest BCUT2D eigenvalue weighted by Gasteiger charge is -2.08. The van der Waals surface area contributed by atoms with Crippen LogP contribution in [0.15, 0.2) is 40.9 Å². The summed E-state index contributed by atoms with van der Waals surface area (Å²) in [6.07, 6.45) is 0. The molecule has 0 atom stereocenters. The third-order valence-electron chi connectivity index (χ3n) is 2.77. The van der Waals surface area contributed by atoms with E-state index in [2.05, 4.69) is 15.9 Å². The van der Waals surface area contributed by atoms with Crippen LogP contribution in [0.5, 0.6) is 5.75 Å². The first-order chi connectivity index (χ1) is 9.99. The summed E-state index contributed by atoms with van der Waals surface area (Å²) in [7, 11) is 1.45. The molecule has 2 aromatic carbocycles. The first kappa shape index (κ1) is 15.3. The monoisotopic (exact) mass is 353 g/mol. The molecule has 0 aromatic heterocycles. The van der Waals surface area contributed by atoms with Gasteiger partial charge in [-0.3, -0.25) is 0 Å². The van der Waals surface area contributed by atoms with Crippen LogP contribution in [0.3, 0.4) is 0 Å². The zero-order valence-corrected chi connectivity index (χ0v) is 12.8. The van der Waals surface area contributed by atoms with E-state index in [1.54, 1.807) is 18.2 Å². The van der Waals surface area contributed by atoms with Crippen molar-refractivity contribution in [3.63, 3.8) is 0 Å². The van der Waals surface area contributed by atoms with Gasteiger partial charge in [-0.1, -0.05) is 15.9 Å². The maximum absolute atomic E-state index is 13.7. The van der Waals surface area contributed by atoms with E-state index < -0.39 is 11.8 Å². The minimum absolute atomic E-state index is 0.166. The highest BCUT2D eigenvalue weighted by atomic mass is 79.9. The normalized spacial score (nSPS) is 10.2. The van der Waals surface area contributed by atoms with Gasteiger partial charge in [-0.15, -0.1) is 0 Å². The van der Waals surface area contributed by atoms with Gasteiger partial charge in [-0.2, -0.15) is 0 Å². The van der Waals surface area contributed by atoms with Crippen LogP contribution in [0.2, 0.25) is 0 Å². The fourth-order valence-electron chi connectivity index (χ4n) is 1.73. The molecule has 0 saturated carbocycles. The molecule has 0 radical (unpaired) electrons. The second-order valence-corrected chi connectivity index (χ2v) is 5.22. The summed E-state index contributed by atoms with van der Waals surface area (Å²) in [6.45, 7) is -0.166. The Morgan fingerprint density at radius 2 is 2.05 bits per heavy atom. The predicted octanol–water partition coefficient (Wildman–Crippen LogP) is 3.54. The van der Waals surface area contributed by atoms with Gasteiger partial charge < -0.3 is 15.2 Å². The van der Waals surface area contributed by atoms with Crippen LogP contribution >= 0.6 is 15.9 Å². The molecule has 0 heterocycles. The molecule has 21 heavy (non-hydrogen) atoms. The van der Waals surface area contributed by atoms with Crippen LogP contribution in [0.1, 0.15) is 15.9 Å². The Hall–Kier alpha value is -2.08. The lowest BCUT2D eigenvalue weighted by atomic mass is 10.2. The standard InChI is InChI=1S/C15H13BrFNO3/c1-20-13-3-2-9(14(17)7-13)8-21-15(19)10-4-11(16)6-12(18)5-10/h2-7H,8,18H2,1H3. The third-order valence-corrected chi connectivity index (χ3v) is 3.23. The summed E-state index contributed by atoms with van der Waals surface area (Å²) in [5.41, 5.74) is 6.66. The van der Waals surface area contributed by atoms with Crippen LogP contribution < -0.4 is 10.5 Å². The van der Waals surface area contributed by atoms with Crippen molar-refractivity contribution in [2.75, 3.05) is 12.8 Å². The molecular formula is C15H13BrFNO3. The van der Waals surface area contributed by atoms with E-state index >= 15 is 0 Å². The van der Waals surface area contributed by atoms with Gasteiger partial charge in [0, 0.05) is 21.8 Å². The Morgan fingerprint density at radius 1 is 1.29 bits per heavy atom. The molecule has 2 aromatic rings. The number of nitrogen functional groups attached to an aromatic ring is 1. The minimum atomic E-state index is -0.571. The molecule has 110 valence electrons. The van der Waals surface area contributed by atoms with Crippen molar-refractivity contribution in [2.24, 2.45) is 0 Å². The molecule has 0 spiro atoms. The molecule has 0 bridgehead atoms. The molecule has 0 aliphatic carbocycles. The number of hydrogen-bond acceptors (Lipinski definition) is 4. The zero-order chi connectivity index (χ0) is 15.4. The lowest BCUT2D eigenvalue weighted by Crippen LogP contribution is -2.07. The Kier molecular flexibility index (Phi) is 4.80. The van der Waals surface area contributed by atoms with Crippen LogP contribution in [0.4, 0.5) is 10.1 Å². The zero-order valence-electron chi connectivity index (χ0n) is 11.2. The molecular weight excluding hydrogens is 341 g/mol. The maximum atomic E-state index is 13.7. The molecule has 0 aliphatic heterocycles. The van der Waals surface area contributed by atoms with Gasteiger partial charge in [-0.05, 0) is 30.3 Å². The van der Waals surface area contributed by atoms with E-state index in [4.69, 9.17) is 15.2 Å². The number of hydrogen-bond donors (Lipinski definition) is 1. The van der Waals surface area contributed by atoms with E-state index in [9.17, 15) is 9.18 Å². The first-order valence-corrected chi connectivity index (χ1v) is 6.84. The van der Waals surface area contributed by atoms with E-state index in [-0.39, 0.29) is 12.2 Å². The maximum Gasteiger partial charge on any atom is 0.338 e. The minimum Gasteiger partial charge on any atom is -0.497 e. The number of ether oxygens (including phenoxy) is 2. The Morgan fingerprint density at radius 3 is 2.67 bits per heavy atom. The first-order valence-electron chi connectivity index (χ1n) is 6.05. The number of nitrogens with two attached hydrogens (primary N) is 1. The van der Waals surface area contributed by atoms with Crippen molar-refractivity contribution in [3.05, 3.63) is 57.8 Å². The van der Waals surface area contributed by atoms with E-state index in [0.717, 1.165) is 0 Å². The highest BCUT2D eigenvalue weighted by molar-refractivity contribution is 9.10. The molecule has 2 N–H and O–H groups in total. The number of carbonyl (C=O) groups is 1. The molecule has 0 fully saturated rings. The number of anilines is 1. The lowest BCUT2D eigenvalue weighted by molar-refractivity contribution is 0.0469. The molecule has 6 heteroatoms. The average Bonchev–Trinajstić information content (AvgIpc) is 2.44. The number of esters is 1. The van der Waals surface area contributed by atoms with Crippen molar-refractivity contribution in [1.82, 2.24) is 0 Å². The molecule has 2 rings (SSSR count). The summed E-state index contributed by atoms with van der Waals surface area (Å²) in [5.74, 6) is -0.656. The predicted molar refractivity (Wildman–Crippen MR) is 80.6 cm³/mol. The summed E-state index contributed by atoms with van der Waals surface area (Å²) >= 11 is 3.24. The van der Waals surface area contributed by atoms with E-state index in [1.165, 1.54) is 25.3 Å². The molecule has 0 amide bonds. The summed E-state index contributed by atoms with van der Waals surface area (Å²) in [5, 5.41) is 0. The van der Waals surface area contributed by atoms with Gasteiger partial charge in [0.1, 0.15) is 18.2 Å². The average molecular weight is 354 g/mol. The quantitative estimate of drug-likeness (QED) is 0.674. The van der Waals surface area contributed by atoms with Gasteiger partial charge in [0.05, 0.1) is 12.7 Å². The van der Waals surface area contributed by atoms with Crippen molar-refractivity contribution in [1.29, 1.82) is 0 Å². The topological polar surface area (TPSA) is 61.5 Å². The van der Waals surface area contributed by atoms with Gasteiger partial charge >= 0.3 is 5.97 Å². The number of rotatable bonds is 4. The van der Waals surface area contributed by atoms with Crippen LogP contribution in [0, 0.1) is 5.82 Å². The SMILES string of the molecule is COc1ccc(COC(=O)c2cc(N)cc(Br)c2)c(F)c1. The Bertz CT molecular complexity index is 656. The molecule has 0 unspecified atom stereocenters. The van der Waals surface area contributed by atoms with Crippen molar-refractivity contribution < 1.29 is 18.7 Å². The smallest absolute Gasteiger partial charge is 0.338 e. The largest absolute Gasteiger partial charge is 0.497 e. The molecule has 0 aliphatic rings. The second-order valence-electron chi connectivity index (χ2n) is 4.31. The summed E-state index contributed by atoms with van der Waals surface area (Å²) in [4.78, 5) is 11.9. The Labute approximate surface area is 129 Å². The fourth-order valence-corrected chi connectivity index (χ4v) is 2.24.